The minimum Gasteiger partial charge on any atom is -0.467 e. The molecule has 116 valence electrons. The van der Waals surface area contributed by atoms with Crippen molar-refractivity contribution in [3.63, 3.8) is 0 Å². The molecule has 0 aliphatic heterocycles. The van der Waals surface area contributed by atoms with Gasteiger partial charge in [-0.25, -0.2) is 0 Å². The van der Waals surface area contributed by atoms with Crippen LogP contribution in [0.3, 0.4) is 0 Å². The summed E-state index contributed by atoms with van der Waals surface area (Å²) < 4.78 is 5.55. The highest BCUT2D eigenvalue weighted by Gasteiger charge is 2.17. The first-order chi connectivity index (χ1) is 11.2. The van der Waals surface area contributed by atoms with Crippen LogP contribution in [0, 0.1) is 0 Å². The Kier molecular flexibility index (Phi) is 4.95. The van der Waals surface area contributed by atoms with Crippen LogP contribution in [0.1, 0.15) is 17.4 Å². The number of thiocarbonyl (C=S) groups is 1. The average molecular weight is 343 g/mol. The van der Waals surface area contributed by atoms with Crippen LogP contribution in [0.4, 0.5) is 5.69 Å². The molecule has 0 aliphatic rings. The molecule has 23 heavy (non-hydrogen) atoms. The first-order valence-corrected chi connectivity index (χ1v) is 7.92. The first kappa shape index (κ1) is 15.6. The van der Waals surface area contributed by atoms with Gasteiger partial charge in [-0.3, -0.25) is 0 Å². The monoisotopic (exact) mass is 342 g/mol. The van der Waals surface area contributed by atoms with E-state index in [2.05, 4.69) is 10.6 Å². The summed E-state index contributed by atoms with van der Waals surface area (Å²) in [5.74, 6) is 0.802. The number of anilines is 1. The number of furan rings is 1. The third kappa shape index (κ3) is 4.12. The topological polar surface area (TPSA) is 37.2 Å². The first-order valence-electron chi connectivity index (χ1n) is 7.14. The molecule has 3 nitrogen and oxygen atoms in total. The highest BCUT2D eigenvalue weighted by atomic mass is 35.5. The molecule has 1 heterocycles. The summed E-state index contributed by atoms with van der Waals surface area (Å²) >= 11 is 11.3. The van der Waals surface area contributed by atoms with E-state index in [1.807, 2.05) is 66.7 Å². The van der Waals surface area contributed by atoms with E-state index in [-0.39, 0.29) is 6.04 Å². The Bertz CT molecular complexity index is 757. The van der Waals surface area contributed by atoms with E-state index in [4.69, 9.17) is 28.2 Å². The predicted molar refractivity (Wildman–Crippen MR) is 97.8 cm³/mol. The number of nitrogens with one attached hydrogen (secondary N) is 2. The summed E-state index contributed by atoms with van der Waals surface area (Å²) in [5, 5.41) is 7.64. The van der Waals surface area contributed by atoms with Gasteiger partial charge in [0.1, 0.15) is 11.8 Å². The Morgan fingerprint density at radius 2 is 1.70 bits per heavy atom. The van der Waals surface area contributed by atoms with E-state index in [9.17, 15) is 0 Å². The Morgan fingerprint density at radius 3 is 2.35 bits per heavy atom. The van der Waals surface area contributed by atoms with Crippen LogP contribution < -0.4 is 10.6 Å². The minimum absolute atomic E-state index is 0.154. The van der Waals surface area contributed by atoms with Crippen LogP contribution >= 0.6 is 23.8 Å². The highest BCUT2D eigenvalue weighted by molar-refractivity contribution is 7.80. The van der Waals surface area contributed by atoms with Crippen molar-refractivity contribution in [2.45, 2.75) is 6.04 Å². The lowest BCUT2D eigenvalue weighted by Crippen LogP contribution is -2.32. The smallest absolute Gasteiger partial charge is 0.171 e. The van der Waals surface area contributed by atoms with Crippen molar-refractivity contribution in [2.75, 3.05) is 5.32 Å². The molecule has 3 rings (SSSR count). The molecule has 0 saturated heterocycles. The van der Waals surface area contributed by atoms with Gasteiger partial charge in [-0.1, -0.05) is 41.9 Å². The molecular weight excluding hydrogens is 328 g/mol. The van der Waals surface area contributed by atoms with Gasteiger partial charge in [0.05, 0.1) is 6.26 Å². The van der Waals surface area contributed by atoms with Gasteiger partial charge in [-0.2, -0.15) is 0 Å². The fraction of sp³-hybridized carbons (Fsp3) is 0.0556. The summed E-state index contributed by atoms with van der Waals surface area (Å²) in [5.41, 5.74) is 1.95. The average Bonchev–Trinajstić information content (AvgIpc) is 3.10. The molecule has 0 amide bonds. The van der Waals surface area contributed by atoms with Crippen molar-refractivity contribution in [3.05, 3.63) is 89.3 Å². The zero-order valence-electron chi connectivity index (χ0n) is 12.2. The molecule has 2 N–H and O–H groups in total. The standard InChI is InChI=1S/C18H15ClN2OS/c19-14-8-10-15(11-9-14)20-18(23)21-17(16-7-4-12-22-16)13-5-2-1-3-6-13/h1-12,17H,(H2,20,21,23)/t17-/m1/s1. The van der Waals surface area contributed by atoms with Crippen molar-refractivity contribution in [1.82, 2.24) is 5.32 Å². The molecule has 0 radical (unpaired) electrons. The summed E-state index contributed by atoms with van der Waals surface area (Å²) in [7, 11) is 0. The van der Waals surface area contributed by atoms with Crippen LogP contribution in [0.15, 0.2) is 77.4 Å². The Labute approximate surface area is 145 Å². The molecule has 2 aromatic carbocycles. The Morgan fingerprint density at radius 1 is 0.957 bits per heavy atom. The molecular formula is C18H15ClN2OS. The number of hydrogen-bond acceptors (Lipinski definition) is 2. The number of rotatable bonds is 4. The fourth-order valence-electron chi connectivity index (χ4n) is 2.25. The summed E-state index contributed by atoms with van der Waals surface area (Å²) in [4.78, 5) is 0. The van der Waals surface area contributed by atoms with Crippen LogP contribution in [-0.2, 0) is 0 Å². The van der Waals surface area contributed by atoms with E-state index < -0.39 is 0 Å². The predicted octanol–water partition coefficient (Wildman–Crippen LogP) is 5.01. The minimum atomic E-state index is -0.154. The van der Waals surface area contributed by atoms with Crippen molar-refractivity contribution >= 4 is 34.6 Å². The second-order valence-corrected chi connectivity index (χ2v) is 5.81. The third-order valence-corrected chi connectivity index (χ3v) is 3.81. The van der Waals surface area contributed by atoms with Crippen LogP contribution in [0.25, 0.3) is 0 Å². The third-order valence-electron chi connectivity index (χ3n) is 3.34. The fourth-order valence-corrected chi connectivity index (χ4v) is 2.61. The van der Waals surface area contributed by atoms with Gasteiger partial charge in [0.25, 0.3) is 0 Å². The second kappa shape index (κ2) is 7.31. The lowest BCUT2D eigenvalue weighted by atomic mass is 10.1. The second-order valence-electron chi connectivity index (χ2n) is 4.96. The molecule has 1 aromatic heterocycles. The van der Waals surface area contributed by atoms with Crippen molar-refractivity contribution < 1.29 is 4.42 Å². The van der Waals surface area contributed by atoms with Crippen molar-refractivity contribution in [3.8, 4) is 0 Å². The van der Waals surface area contributed by atoms with E-state index in [1.165, 1.54) is 0 Å². The quantitative estimate of drug-likeness (QED) is 0.653. The van der Waals surface area contributed by atoms with E-state index in [0.717, 1.165) is 17.0 Å². The summed E-state index contributed by atoms with van der Waals surface area (Å²) in [6, 6.07) is 21.0. The number of benzene rings is 2. The molecule has 0 saturated carbocycles. The zero-order chi connectivity index (χ0) is 16.1. The van der Waals surface area contributed by atoms with Gasteiger partial charge in [0, 0.05) is 10.7 Å². The van der Waals surface area contributed by atoms with Gasteiger partial charge in [0.15, 0.2) is 5.11 Å². The van der Waals surface area contributed by atoms with E-state index >= 15 is 0 Å². The molecule has 0 spiro atoms. The molecule has 5 heteroatoms. The molecule has 0 unspecified atom stereocenters. The van der Waals surface area contributed by atoms with Crippen LogP contribution in [0.2, 0.25) is 5.02 Å². The largest absolute Gasteiger partial charge is 0.467 e. The summed E-state index contributed by atoms with van der Waals surface area (Å²) in [6.07, 6.45) is 1.66. The maximum atomic E-state index is 5.89. The zero-order valence-corrected chi connectivity index (χ0v) is 13.8. The van der Waals surface area contributed by atoms with Gasteiger partial charge in [-0.05, 0) is 54.2 Å². The van der Waals surface area contributed by atoms with Gasteiger partial charge in [0.2, 0.25) is 0 Å². The van der Waals surface area contributed by atoms with E-state index in [0.29, 0.717) is 10.1 Å². The maximum Gasteiger partial charge on any atom is 0.171 e. The van der Waals surface area contributed by atoms with Crippen molar-refractivity contribution in [1.29, 1.82) is 0 Å². The molecule has 1 atom stereocenters. The molecule has 0 aliphatic carbocycles. The lowest BCUT2D eigenvalue weighted by Gasteiger charge is -2.19. The lowest BCUT2D eigenvalue weighted by molar-refractivity contribution is 0.476. The highest BCUT2D eigenvalue weighted by Crippen LogP contribution is 2.22. The molecule has 3 aromatic rings. The Balaban J connectivity index is 1.76. The SMILES string of the molecule is S=C(Nc1ccc(Cl)cc1)N[C@H](c1ccccc1)c1ccco1. The van der Waals surface area contributed by atoms with Gasteiger partial charge < -0.3 is 15.1 Å². The van der Waals surface area contributed by atoms with Gasteiger partial charge in [-0.15, -0.1) is 0 Å². The normalized spacial score (nSPS) is 11.7. The maximum absolute atomic E-state index is 5.89. The van der Waals surface area contributed by atoms with Crippen LogP contribution in [-0.4, -0.2) is 5.11 Å². The molecule has 0 bridgehead atoms. The summed E-state index contributed by atoms with van der Waals surface area (Å²) in [6.45, 7) is 0. The number of halogens is 1. The van der Waals surface area contributed by atoms with Gasteiger partial charge >= 0.3 is 0 Å². The van der Waals surface area contributed by atoms with Crippen LogP contribution in [0.5, 0.6) is 0 Å². The molecule has 0 fully saturated rings. The van der Waals surface area contributed by atoms with E-state index in [1.54, 1.807) is 6.26 Å². The number of hydrogen-bond donors (Lipinski definition) is 2. The Hall–Kier alpha value is -2.30. The van der Waals surface area contributed by atoms with Crippen molar-refractivity contribution in [2.24, 2.45) is 0 Å².